The van der Waals surface area contributed by atoms with E-state index >= 15 is 0 Å². The van der Waals surface area contributed by atoms with E-state index in [0.717, 1.165) is 6.08 Å². The number of rotatable bonds is 3. The predicted molar refractivity (Wildman–Crippen MR) is 61.9 cm³/mol. The summed E-state index contributed by atoms with van der Waals surface area (Å²) in [6.07, 6.45) is 1.14. The fraction of sp³-hybridized carbons (Fsp3) is 0.167. The number of hydrogen-bond donors (Lipinski definition) is 2. The number of aromatic hydroxyl groups is 1. The van der Waals surface area contributed by atoms with Gasteiger partial charge >= 0.3 is 11.9 Å². The van der Waals surface area contributed by atoms with Gasteiger partial charge in [-0.3, -0.25) is 0 Å². The zero-order chi connectivity index (χ0) is 13.3. The van der Waals surface area contributed by atoms with Crippen molar-refractivity contribution in [2.24, 2.45) is 0 Å². The van der Waals surface area contributed by atoms with Gasteiger partial charge in [-0.2, -0.15) is 0 Å². The molecule has 1 aromatic carbocycles. The van der Waals surface area contributed by atoms with Crippen LogP contribution in [-0.2, 0) is 9.53 Å². The van der Waals surface area contributed by atoms with Crippen LogP contribution in [0.1, 0.15) is 17.3 Å². The average molecular weight is 238 g/mol. The molecule has 0 radical (unpaired) electrons. The van der Waals surface area contributed by atoms with Gasteiger partial charge < -0.3 is 14.9 Å². The molecule has 2 N–H and O–H groups in total. The zero-order valence-electron chi connectivity index (χ0n) is 9.42. The summed E-state index contributed by atoms with van der Waals surface area (Å²) in [5, 5.41) is 17.1. The highest BCUT2D eigenvalue weighted by atomic mass is 16.5. The molecule has 0 aromatic heterocycles. The van der Waals surface area contributed by atoms with E-state index in [1.54, 1.807) is 6.92 Å². The Hall–Kier alpha value is -2.30. The molecule has 92 valence electrons. The van der Waals surface area contributed by atoms with Gasteiger partial charge in [0.05, 0.1) is 12.2 Å². The molecule has 5 nitrogen and oxygen atoms in total. The molecular formula is C12H14O5. The number of hydrogen-bond acceptors (Lipinski definition) is 4. The molecule has 0 aliphatic heterocycles. The van der Waals surface area contributed by atoms with Crippen molar-refractivity contribution < 1.29 is 24.5 Å². The number of esters is 1. The molecule has 0 atom stereocenters. The van der Waals surface area contributed by atoms with Crippen LogP contribution in [0.5, 0.6) is 5.75 Å². The second kappa shape index (κ2) is 7.92. The first-order chi connectivity index (χ1) is 8.01. The van der Waals surface area contributed by atoms with Gasteiger partial charge in [0.1, 0.15) is 5.75 Å². The Bertz CT molecular complexity index is 380. The fourth-order valence-corrected chi connectivity index (χ4v) is 0.805. The SMILES string of the molecule is C=CC(=O)OCC.O=C(O)c1ccc(O)cc1. The molecule has 0 spiro atoms. The molecule has 0 bridgehead atoms. The van der Waals surface area contributed by atoms with E-state index in [-0.39, 0.29) is 17.3 Å². The third-order valence-corrected chi connectivity index (χ3v) is 1.57. The fourth-order valence-electron chi connectivity index (χ4n) is 0.805. The number of carbonyl (C=O) groups is 2. The van der Waals surface area contributed by atoms with Crippen molar-refractivity contribution in [3.8, 4) is 5.75 Å². The highest BCUT2D eigenvalue weighted by molar-refractivity contribution is 5.87. The summed E-state index contributed by atoms with van der Waals surface area (Å²) in [6.45, 7) is 5.38. The Balaban J connectivity index is 0.000000325. The van der Waals surface area contributed by atoms with Gasteiger partial charge in [0, 0.05) is 6.08 Å². The summed E-state index contributed by atoms with van der Waals surface area (Å²) < 4.78 is 4.43. The average Bonchev–Trinajstić information content (AvgIpc) is 2.30. The van der Waals surface area contributed by atoms with Crippen LogP contribution in [0, 0.1) is 0 Å². The number of benzene rings is 1. The summed E-state index contributed by atoms with van der Waals surface area (Å²) >= 11 is 0. The molecule has 1 aromatic rings. The third kappa shape index (κ3) is 6.72. The van der Waals surface area contributed by atoms with Crippen LogP contribution in [0.25, 0.3) is 0 Å². The smallest absolute Gasteiger partial charge is 0.335 e. The Morgan fingerprint density at radius 3 is 2.18 bits per heavy atom. The zero-order valence-corrected chi connectivity index (χ0v) is 9.42. The maximum absolute atomic E-state index is 10.2. The van der Waals surface area contributed by atoms with Gasteiger partial charge in [0.15, 0.2) is 0 Å². The molecule has 0 aliphatic carbocycles. The van der Waals surface area contributed by atoms with Crippen LogP contribution in [0.2, 0.25) is 0 Å². The van der Waals surface area contributed by atoms with Crippen LogP contribution in [-0.4, -0.2) is 28.8 Å². The topological polar surface area (TPSA) is 83.8 Å². The van der Waals surface area contributed by atoms with Gasteiger partial charge in [0.25, 0.3) is 0 Å². The molecule has 0 unspecified atom stereocenters. The number of aromatic carboxylic acids is 1. The van der Waals surface area contributed by atoms with Gasteiger partial charge in [-0.25, -0.2) is 9.59 Å². The molecule has 0 saturated heterocycles. The van der Waals surface area contributed by atoms with Crippen molar-refractivity contribution in [3.63, 3.8) is 0 Å². The molecule has 0 amide bonds. The Morgan fingerprint density at radius 1 is 1.35 bits per heavy atom. The standard InChI is InChI=1S/C7H6O3.C5H8O2/c8-6-3-1-5(2-4-6)7(9)10;1-3-5(6)7-4-2/h1-4,8H,(H,9,10);3H,1,4H2,2H3. The minimum atomic E-state index is -0.986. The highest BCUT2D eigenvalue weighted by Crippen LogP contribution is 2.08. The van der Waals surface area contributed by atoms with Gasteiger partial charge in [-0.05, 0) is 31.2 Å². The summed E-state index contributed by atoms with van der Waals surface area (Å²) in [7, 11) is 0. The largest absolute Gasteiger partial charge is 0.508 e. The second-order valence-electron chi connectivity index (χ2n) is 2.81. The maximum Gasteiger partial charge on any atom is 0.335 e. The molecule has 5 heteroatoms. The number of carboxylic acids is 1. The molecule has 1 rings (SSSR count). The summed E-state index contributed by atoms with van der Waals surface area (Å²) in [5.74, 6) is -1.27. The Kier molecular flexibility index (Phi) is 6.85. The van der Waals surface area contributed by atoms with E-state index < -0.39 is 5.97 Å². The van der Waals surface area contributed by atoms with Crippen molar-refractivity contribution in [1.82, 2.24) is 0 Å². The van der Waals surface area contributed by atoms with E-state index in [1.807, 2.05) is 0 Å². The molecule has 0 aliphatic rings. The van der Waals surface area contributed by atoms with Gasteiger partial charge in [0.2, 0.25) is 0 Å². The summed E-state index contributed by atoms with van der Waals surface area (Å²) in [5.41, 5.74) is 0.179. The number of carbonyl (C=O) groups excluding carboxylic acids is 1. The quantitative estimate of drug-likeness (QED) is 0.620. The van der Waals surface area contributed by atoms with Gasteiger partial charge in [-0.15, -0.1) is 0 Å². The number of carboxylic acid groups (broad SMARTS) is 1. The Morgan fingerprint density at radius 2 is 1.88 bits per heavy atom. The first-order valence-corrected chi connectivity index (χ1v) is 4.82. The summed E-state index contributed by atoms with van der Waals surface area (Å²) in [4.78, 5) is 20.3. The lowest BCUT2D eigenvalue weighted by molar-refractivity contribution is -0.137. The van der Waals surface area contributed by atoms with E-state index in [2.05, 4.69) is 11.3 Å². The number of phenols is 1. The first-order valence-electron chi connectivity index (χ1n) is 4.82. The van der Waals surface area contributed by atoms with Crippen molar-refractivity contribution >= 4 is 11.9 Å². The predicted octanol–water partition coefficient (Wildman–Crippen LogP) is 1.83. The molecule has 0 heterocycles. The minimum absolute atomic E-state index is 0.0741. The normalized spacial score (nSPS) is 8.53. The maximum atomic E-state index is 10.2. The van der Waals surface area contributed by atoms with Crippen molar-refractivity contribution in [3.05, 3.63) is 42.5 Å². The lowest BCUT2D eigenvalue weighted by Crippen LogP contribution is -1.97. The molecule has 17 heavy (non-hydrogen) atoms. The minimum Gasteiger partial charge on any atom is -0.508 e. The molecule has 0 fully saturated rings. The van der Waals surface area contributed by atoms with E-state index in [4.69, 9.17) is 10.2 Å². The first kappa shape index (κ1) is 14.7. The van der Waals surface area contributed by atoms with Gasteiger partial charge in [-0.1, -0.05) is 6.58 Å². The van der Waals surface area contributed by atoms with Crippen molar-refractivity contribution in [2.75, 3.05) is 6.61 Å². The van der Waals surface area contributed by atoms with Crippen LogP contribution >= 0.6 is 0 Å². The lowest BCUT2D eigenvalue weighted by atomic mass is 10.2. The third-order valence-electron chi connectivity index (χ3n) is 1.57. The van der Waals surface area contributed by atoms with E-state index in [9.17, 15) is 9.59 Å². The highest BCUT2D eigenvalue weighted by Gasteiger charge is 1.99. The molecule has 0 saturated carbocycles. The van der Waals surface area contributed by atoms with Crippen molar-refractivity contribution in [1.29, 1.82) is 0 Å². The van der Waals surface area contributed by atoms with Crippen LogP contribution in [0.3, 0.4) is 0 Å². The van der Waals surface area contributed by atoms with Crippen molar-refractivity contribution in [2.45, 2.75) is 6.92 Å². The van der Waals surface area contributed by atoms with Crippen LogP contribution in [0.4, 0.5) is 0 Å². The lowest BCUT2D eigenvalue weighted by Gasteiger charge is -1.92. The number of phenolic OH excluding ortho intramolecular Hbond substituents is 1. The summed E-state index contributed by atoms with van der Waals surface area (Å²) in [6, 6.07) is 5.36. The van der Waals surface area contributed by atoms with E-state index in [1.165, 1.54) is 24.3 Å². The second-order valence-corrected chi connectivity index (χ2v) is 2.81. The van der Waals surface area contributed by atoms with Crippen LogP contribution in [0.15, 0.2) is 36.9 Å². The van der Waals surface area contributed by atoms with Crippen LogP contribution < -0.4 is 0 Å². The Labute approximate surface area is 99.0 Å². The number of ether oxygens (including phenoxy) is 1. The van der Waals surface area contributed by atoms with E-state index in [0.29, 0.717) is 6.61 Å². The molecular weight excluding hydrogens is 224 g/mol. The monoisotopic (exact) mass is 238 g/mol.